The van der Waals surface area contributed by atoms with Crippen LogP contribution >= 0.6 is 39.5 Å². The number of rotatable bonds is 2. The van der Waals surface area contributed by atoms with Crippen LogP contribution in [0, 0.1) is 26.0 Å². The van der Waals surface area contributed by atoms with Crippen molar-refractivity contribution in [2.24, 2.45) is 0 Å². The summed E-state index contributed by atoms with van der Waals surface area (Å²) in [5, 5.41) is 0. The summed E-state index contributed by atoms with van der Waals surface area (Å²) in [5.74, 6) is 1.19. The third-order valence-electron chi connectivity index (χ3n) is 3.20. The van der Waals surface area contributed by atoms with Crippen molar-refractivity contribution in [3.05, 3.63) is 70.8 Å². The Kier molecular flexibility index (Phi) is 14.1. The standard InChI is InChI=1S/2C10H13.2HI.Ru/c2*1-8(2)10-6-4-5-9(3)7-10;;;/h2*4-5,7-8H,1-3H3;2*1H;/q2*-1;;;+4/p-2. The summed E-state index contributed by atoms with van der Waals surface area (Å²) in [6.45, 7) is 13.0. The maximum absolute atomic E-state index is 3.21. The zero-order chi connectivity index (χ0) is 17.8. The minimum atomic E-state index is 0.597. The topological polar surface area (TPSA) is 0 Å². The van der Waals surface area contributed by atoms with Crippen LogP contribution in [0.4, 0.5) is 0 Å². The molecule has 0 aliphatic heterocycles. The van der Waals surface area contributed by atoms with E-state index in [9.17, 15) is 0 Å². The van der Waals surface area contributed by atoms with Gasteiger partial charge in [0.25, 0.3) is 0 Å². The molecule has 0 bridgehead atoms. The van der Waals surface area contributed by atoms with Gasteiger partial charge in [-0.15, -0.1) is 0 Å². The molecule has 0 radical (unpaired) electrons. The summed E-state index contributed by atoms with van der Waals surface area (Å²) in [4.78, 5) is 0. The van der Waals surface area contributed by atoms with E-state index < -0.39 is 0 Å². The number of hydrogen-bond donors (Lipinski definition) is 0. The molecule has 0 atom stereocenters. The molecule has 0 spiro atoms. The van der Waals surface area contributed by atoms with Gasteiger partial charge >= 0.3 is 49.6 Å². The second-order valence-electron chi connectivity index (χ2n) is 6.00. The van der Waals surface area contributed by atoms with Crippen molar-refractivity contribution in [1.82, 2.24) is 0 Å². The molecule has 0 aromatic heterocycles. The van der Waals surface area contributed by atoms with Crippen molar-refractivity contribution in [2.45, 2.75) is 53.4 Å². The van der Waals surface area contributed by atoms with Crippen molar-refractivity contribution in [2.75, 3.05) is 0 Å². The van der Waals surface area contributed by atoms with Crippen LogP contribution in [-0.4, -0.2) is 0 Å². The second-order valence-corrected chi connectivity index (χ2v) is 19.4. The number of halogens is 2. The quantitative estimate of drug-likeness (QED) is 0.184. The van der Waals surface area contributed by atoms with Crippen molar-refractivity contribution in [3.63, 3.8) is 0 Å². The first kappa shape index (κ1) is 23.5. The van der Waals surface area contributed by atoms with Crippen LogP contribution < -0.4 is 0 Å². The van der Waals surface area contributed by atoms with Gasteiger partial charge < -0.3 is 0 Å². The SMILES string of the molecule is Cc1cc[c-]c(C(C)C)c1.Cc1cc[c-]c(C(C)C)c1.[I][Ru+2][I]. The van der Waals surface area contributed by atoms with Gasteiger partial charge in [0.1, 0.15) is 0 Å². The number of aryl methyl sites for hydroxylation is 2. The molecule has 2 aromatic carbocycles. The molecule has 0 saturated heterocycles. The van der Waals surface area contributed by atoms with Gasteiger partial charge in [-0.05, 0) is 11.8 Å². The van der Waals surface area contributed by atoms with Crippen molar-refractivity contribution in [1.29, 1.82) is 0 Å². The third-order valence-corrected chi connectivity index (χ3v) is 3.20. The normalized spacial score (nSPS) is 9.83. The first-order valence-corrected chi connectivity index (χ1v) is 18.0. The second kappa shape index (κ2) is 13.8. The van der Waals surface area contributed by atoms with Gasteiger partial charge in [-0.3, -0.25) is 0 Å². The van der Waals surface area contributed by atoms with Gasteiger partial charge in [0.05, 0.1) is 0 Å². The van der Waals surface area contributed by atoms with Crippen molar-refractivity contribution < 1.29 is 10.1 Å². The Hall–Kier alpha value is 0.523. The first-order valence-electron chi connectivity index (χ1n) is 7.63. The first-order chi connectivity index (χ1) is 10.8. The van der Waals surface area contributed by atoms with Crippen LogP contribution in [0.2, 0.25) is 0 Å². The molecule has 0 fully saturated rings. The van der Waals surface area contributed by atoms with Crippen LogP contribution in [0.5, 0.6) is 0 Å². The number of benzene rings is 2. The summed E-state index contributed by atoms with van der Waals surface area (Å²) in [6, 6.07) is 18.9. The van der Waals surface area contributed by atoms with E-state index >= 15 is 0 Å². The van der Waals surface area contributed by atoms with Gasteiger partial charge in [0.2, 0.25) is 0 Å². The van der Waals surface area contributed by atoms with E-state index in [1.54, 1.807) is 0 Å². The summed E-state index contributed by atoms with van der Waals surface area (Å²) in [5.41, 5.74) is 5.25. The molecule has 128 valence electrons. The van der Waals surface area contributed by atoms with E-state index in [-0.39, 0.29) is 0 Å². The van der Waals surface area contributed by atoms with E-state index in [1.165, 1.54) is 22.3 Å². The molecule has 0 saturated carbocycles. The maximum atomic E-state index is 3.21. The monoisotopic (exact) mass is 622 g/mol. The van der Waals surface area contributed by atoms with Gasteiger partial charge in [-0.2, -0.15) is 70.8 Å². The summed E-state index contributed by atoms with van der Waals surface area (Å²) in [7, 11) is 0.650. The van der Waals surface area contributed by atoms with E-state index in [4.69, 9.17) is 0 Å². The van der Waals surface area contributed by atoms with E-state index in [0.717, 1.165) is 0 Å². The Morgan fingerprint density at radius 2 is 1.09 bits per heavy atom. The van der Waals surface area contributed by atoms with E-state index in [2.05, 4.69) is 117 Å². The van der Waals surface area contributed by atoms with Crippen molar-refractivity contribution >= 4 is 39.5 Å². The van der Waals surface area contributed by atoms with Crippen LogP contribution in [0.3, 0.4) is 0 Å². The zero-order valence-corrected chi connectivity index (χ0v) is 20.8. The molecule has 0 nitrogen and oxygen atoms in total. The van der Waals surface area contributed by atoms with Gasteiger partial charge in [-0.1, -0.05) is 41.5 Å². The van der Waals surface area contributed by atoms with Crippen LogP contribution in [-0.2, 0) is 10.1 Å². The summed E-state index contributed by atoms with van der Waals surface area (Å²) >= 11 is 4.73. The molecular weight excluding hydrogens is 595 g/mol. The van der Waals surface area contributed by atoms with Gasteiger partial charge in [0, 0.05) is 0 Å². The summed E-state index contributed by atoms with van der Waals surface area (Å²) < 4.78 is 0. The Balaban J connectivity index is 0.000000360. The average molecular weight is 621 g/mol. The van der Waals surface area contributed by atoms with Crippen molar-refractivity contribution in [3.8, 4) is 0 Å². The van der Waals surface area contributed by atoms with Crippen LogP contribution in [0.15, 0.2) is 36.4 Å². The Labute approximate surface area is 172 Å². The molecular formula is C20H26I2Ru. The molecule has 23 heavy (non-hydrogen) atoms. The molecule has 0 unspecified atom stereocenters. The Morgan fingerprint density at radius 1 is 0.783 bits per heavy atom. The molecule has 0 amide bonds. The molecule has 2 aromatic rings. The molecule has 2 rings (SSSR count). The Bertz CT molecular complexity index is 501. The average Bonchev–Trinajstić information content (AvgIpc) is 2.48. The van der Waals surface area contributed by atoms with Gasteiger partial charge in [0.15, 0.2) is 0 Å². The van der Waals surface area contributed by atoms with E-state index in [1.807, 2.05) is 12.1 Å². The Morgan fingerprint density at radius 3 is 1.26 bits per heavy atom. The fourth-order valence-electron chi connectivity index (χ4n) is 1.88. The molecule has 0 aliphatic carbocycles. The molecule has 3 heteroatoms. The predicted octanol–water partition coefficient (Wildman–Crippen LogP) is 7.61. The fraction of sp³-hybridized carbons (Fsp3) is 0.400. The van der Waals surface area contributed by atoms with E-state index in [0.29, 0.717) is 21.9 Å². The third kappa shape index (κ3) is 11.7. The van der Waals surface area contributed by atoms with Crippen LogP contribution in [0.25, 0.3) is 0 Å². The zero-order valence-electron chi connectivity index (χ0n) is 14.7. The van der Waals surface area contributed by atoms with Gasteiger partial charge in [-0.25, -0.2) is 0 Å². The van der Waals surface area contributed by atoms with Crippen LogP contribution in [0.1, 0.15) is 61.8 Å². The molecule has 0 heterocycles. The minimum absolute atomic E-state index is 0.597. The molecule has 0 aliphatic rings. The predicted molar refractivity (Wildman–Crippen MR) is 116 cm³/mol. The number of hydrogen-bond acceptors (Lipinski definition) is 0. The fourth-order valence-corrected chi connectivity index (χ4v) is 1.88. The molecule has 0 N–H and O–H groups in total. The summed E-state index contributed by atoms with van der Waals surface area (Å²) in [6.07, 6.45) is 0.